The monoisotopic (exact) mass is 140 g/mol. The van der Waals surface area contributed by atoms with Crippen molar-refractivity contribution in [3.63, 3.8) is 0 Å². The highest BCUT2D eigenvalue weighted by molar-refractivity contribution is 4.86. The fourth-order valence-corrected chi connectivity index (χ4v) is 1.58. The molecule has 2 N–H and O–H groups in total. The van der Waals surface area contributed by atoms with E-state index in [0.29, 0.717) is 0 Å². The first kappa shape index (κ1) is 6.62. The van der Waals surface area contributed by atoms with Gasteiger partial charge in [0.1, 0.15) is 0 Å². The summed E-state index contributed by atoms with van der Waals surface area (Å²) in [7, 11) is 0. The van der Waals surface area contributed by atoms with Crippen LogP contribution in [0.1, 0.15) is 25.7 Å². The quantitative estimate of drug-likeness (QED) is 0.583. The van der Waals surface area contributed by atoms with Gasteiger partial charge in [-0.3, -0.25) is 0 Å². The Morgan fingerprint density at radius 3 is 2.60 bits per heavy atom. The minimum absolute atomic E-state index is 0.779. The molecule has 0 aromatic heterocycles. The van der Waals surface area contributed by atoms with E-state index in [1.54, 1.807) is 0 Å². The Morgan fingerprint density at radius 1 is 1.10 bits per heavy atom. The van der Waals surface area contributed by atoms with Crippen LogP contribution in [0.15, 0.2) is 0 Å². The van der Waals surface area contributed by atoms with Crippen LogP contribution in [-0.2, 0) is 0 Å². The van der Waals surface area contributed by atoms with Gasteiger partial charge in [-0.05, 0) is 32.2 Å². The molecule has 58 valence electrons. The van der Waals surface area contributed by atoms with Gasteiger partial charge < -0.3 is 10.6 Å². The van der Waals surface area contributed by atoms with Gasteiger partial charge in [0.15, 0.2) is 0 Å². The zero-order valence-corrected chi connectivity index (χ0v) is 6.40. The normalized spacial score (nSPS) is 34.2. The summed E-state index contributed by atoms with van der Waals surface area (Å²) in [6.07, 6.45) is 5.56. The molecule has 0 amide bonds. The van der Waals surface area contributed by atoms with Gasteiger partial charge in [-0.25, -0.2) is 0 Å². The molecule has 1 saturated carbocycles. The lowest BCUT2D eigenvalue weighted by atomic mass is 10.1. The van der Waals surface area contributed by atoms with Crippen molar-refractivity contribution in [2.45, 2.75) is 37.8 Å². The van der Waals surface area contributed by atoms with E-state index >= 15 is 0 Å². The summed E-state index contributed by atoms with van der Waals surface area (Å²) >= 11 is 0. The molecule has 2 fully saturated rings. The van der Waals surface area contributed by atoms with Crippen LogP contribution < -0.4 is 10.6 Å². The van der Waals surface area contributed by atoms with Crippen molar-refractivity contribution >= 4 is 0 Å². The zero-order valence-electron chi connectivity index (χ0n) is 6.40. The van der Waals surface area contributed by atoms with E-state index in [9.17, 15) is 0 Å². The van der Waals surface area contributed by atoms with Crippen molar-refractivity contribution in [1.82, 2.24) is 10.6 Å². The molecule has 2 nitrogen and oxygen atoms in total. The lowest BCUT2D eigenvalue weighted by Crippen LogP contribution is -2.43. The van der Waals surface area contributed by atoms with Gasteiger partial charge in [0.05, 0.1) is 0 Å². The third-order valence-corrected chi connectivity index (χ3v) is 2.35. The largest absolute Gasteiger partial charge is 0.315 e. The van der Waals surface area contributed by atoms with E-state index in [-0.39, 0.29) is 0 Å². The molecule has 10 heavy (non-hydrogen) atoms. The number of nitrogens with one attached hydrogen (secondary N) is 2. The Labute approximate surface area is 62.4 Å². The lowest BCUT2D eigenvalue weighted by molar-refractivity contribution is 0.388. The zero-order chi connectivity index (χ0) is 6.81. The molecule has 2 heteroatoms. The fourth-order valence-electron chi connectivity index (χ4n) is 1.58. The summed E-state index contributed by atoms with van der Waals surface area (Å²) in [5.74, 6) is 0. The highest BCUT2D eigenvalue weighted by atomic mass is 15.0. The predicted octanol–water partition coefficient (Wildman–Crippen LogP) is 0.490. The van der Waals surface area contributed by atoms with Crippen LogP contribution in [0.25, 0.3) is 0 Å². The molecule has 1 atom stereocenters. The summed E-state index contributed by atoms with van der Waals surface area (Å²) in [6, 6.07) is 1.66. The van der Waals surface area contributed by atoms with E-state index < -0.39 is 0 Å². The van der Waals surface area contributed by atoms with E-state index in [4.69, 9.17) is 0 Å². The van der Waals surface area contributed by atoms with Crippen LogP contribution in [0, 0.1) is 0 Å². The maximum atomic E-state index is 3.63. The fraction of sp³-hybridized carbons (Fsp3) is 1.00. The van der Waals surface area contributed by atoms with Crippen LogP contribution in [0.4, 0.5) is 0 Å². The van der Waals surface area contributed by atoms with Crippen molar-refractivity contribution in [1.29, 1.82) is 0 Å². The minimum Gasteiger partial charge on any atom is -0.315 e. The Bertz CT molecular complexity index is 104. The number of rotatable bonds is 2. The van der Waals surface area contributed by atoms with Crippen molar-refractivity contribution in [2.75, 3.05) is 13.1 Å². The van der Waals surface area contributed by atoms with Crippen LogP contribution >= 0.6 is 0 Å². The number of hydrogen-bond acceptors (Lipinski definition) is 2. The summed E-state index contributed by atoms with van der Waals surface area (Å²) in [5, 5.41) is 7.04. The summed E-state index contributed by atoms with van der Waals surface area (Å²) < 4.78 is 0. The third kappa shape index (κ3) is 1.70. The summed E-state index contributed by atoms with van der Waals surface area (Å²) in [4.78, 5) is 0. The Hall–Kier alpha value is -0.0800. The van der Waals surface area contributed by atoms with Crippen molar-refractivity contribution < 1.29 is 0 Å². The molecule has 0 spiro atoms. The SMILES string of the molecule is C1CNC[C@H](NC2CC2)C1. The first-order chi connectivity index (χ1) is 4.95. The van der Waals surface area contributed by atoms with Gasteiger partial charge in [-0.1, -0.05) is 0 Å². The molecular formula is C8H16N2. The van der Waals surface area contributed by atoms with E-state index in [1.807, 2.05) is 0 Å². The molecular weight excluding hydrogens is 124 g/mol. The molecule has 2 rings (SSSR count). The second-order valence-corrected chi connectivity index (χ2v) is 3.48. The average Bonchev–Trinajstić information content (AvgIpc) is 2.74. The highest BCUT2D eigenvalue weighted by Gasteiger charge is 2.24. The van der Waals surface area contributed by atoms with Crippen molar-refractivity contribution in [3.05, 3.63) is 0 Å². The summed E-state index contributed by atoms with van der Waals surface area (Å²) in [6.45, 7) is 2.42. The van der Waals surface area contributed by atoms with Crippen LogP contribution in [0.5, 0.6) is 0 Å². The van der Waals surface area contributed by atoms with Crippen molar-refractivity contribution in [2.24, 2.45) is 0 Å². The first-order valence-corrected chi connectivity index (χ1v) is 4.42. The second-order valence-electron chi connectivity index (χ2n) is 3.48. The second kappa shape index (κ2) is 2.89. The van der Waals surface area contributed by atoms with Gasteiger partial charge in [-0.15, -0.1) is 0 Å². The average molecular weight is 140 g/mol. The van der Waals surface area contributed by atoms with Crippen LogP contribution in [0.2, 0.25) is 0 Å². The predicted molar refractivity (Wildman–Crippen MR) is 42.0 cm³/mol. The topological polar surface area (TPSA) is 24.1 Å². The Morgan fingerprint density at radius 2 is 2.00 bits per heavy atom. The maximum Gasteiger partial charge on any atom is 0.0195 e. The van der Waals surface area contributed by atoms with Crippen LogP contribution in [0.3, 0.4) is 0 Å². The molecule has 0 unspecified atom stereocenters. The van der Waals surface area contributed by atoms with E-state index in [1.165, 1.54) is 38.8 Å². The molecule has 0 aromatic rings. The number of piperidine rings is 1. The first-order valence-electron chi connectivity index (χ1n) is 4.42. The molecule has 1 aliphatic heterocycles. The van der Waals surface area contributed by atoms with Gasteiger partial charge >= 0.3 is 0 Å². The molecule has 2 aliphatic rings. The molecule has 0 radical (unpaired) electrons. The third-order valence-electron chi connectivity index (χ3n) is 2.35. The summed E-state index contributed by atoms with van der Waals surface area (Å²) in [5.41, 5.74) is 0. The molecule has 0 bridgehead atoms. The smallest absolute Gasteiger partial charge is 0.0195 e. The Balaban J connectivity index is 1.69. The Kier molecular flexibility index (Phi) is 1.91. The van der Waals surface area contributed by atoms with Gasteiger partial charge in [0.2, 0.25) is 0 Å². The lowest BCUT2D eigenvalue weighted by Gasteiger charge is -2.23. The van der Waals surface area contributed by atoms with Gasteiger partial charge in [0, 0.05) is 18.6 Å². The highest BCUT2D eigenvalue weighted by Crippen LogP contribution is 2.20. The van der Waals surface area contributed by atoms with E-state index in [2.05, 4.69) is 10.6 Å². The minimum atomic E-state index is 0.779. The van der Waals surface area contributed by atoms with Gasteiger partial charge in [0.25, 0.3) is 0 Å². The van der Waals surface area contributed by atoms with E-state index in [0.717, 1.165) is 12.1 Å². The molecule has 1 aliphatic carbocycles. The number of hydrogen-bond donors (Lipinski definition) is 2. The molecule has 1 saturated heterocycles. The maximum absolute atomic E-state index is 3.63. The standard InChI is InChI=1S/C8H16N2/c1-2-8(6-9-5-1)10-7-3-4-7/h7-10H,1-6H2/t8-/m1/s1. The van der Waals surface area contributed by atoms with Crippen molar-refractivity contribution in [3.8, 4) is 0 Å². The molecule has 1 heterocycles. The van der Waals surface area contributed by atoms with Crippen LogP contribution in [-0.4, -0.2) is 25.2 Å². The van der Waals surface area contributed by atoms with Gasteiger partial charge in [-0.2, -0.15) is 0 Å². The molecule has 0 aromatic carbocycles.